The standard InChI is InChI=1S/C15H26N2S/c1-14(2)12(15(14,3)4)8-16-13-17-11-7-5-6-10(11)9-18-13/h10-12H,5-9H2,1-4H3,(H,16,17). The number of fused-ring (bicyclic) bond motifs is 1. The van der Waals surface area contributed by atoms with E-state index in [0.29, 0.717) is 10.8 Å². The van der Waals surface area contributed by atoms with Crippen molar-refractivity contribution in [1.82, 2.24) is 5.32 Å². The van der Waals surface area contributed by atoms with Crippen LogP contribution >= 0.6 is 11.8 Å². The Hall–Kier alpha value is -0.180. The first kappa shape index (κ1) is 12.8. The molecule has 18 heavy (non-hydrogen) atoms. The average Bonchev–Trinajstić information content (AvgIpc) is 2.70. The molecule has 0 aromatic carbocycles. The first-order chi connectivity index (χ1) is 8.43. The highest BCUT2D eigenvalue weighted by atomic mass is 32.2. The third kappa shape index (κ3) is 1.90. The van der Waals surface area contributed by atoms with Crippen LogP contribution in [0.5, 0.6) is 0 Å². The first-order valence-corrected chi connectivity index (χ1v) is 8.35. The minimum atomic E-state index is 0.465. The van der Waals surface area contributed by atoms with Gasteiger partial charge in [-0.3, -0.25) is 4.99 Å². The van der Waals surface area contributed by atoms with Gasteiger partial charge in [0.25, 0.3) is 0 Å². The molecule has 1 saturated heterocycles. The molecule has 2 atom stereocenters. The number of aliphatic imine (C=N–C) groups is 1. The van der Waals surface area contributed by atoms with Crippen molar-refractivity contribution in [3.8, 4) is 0 Å². The lowest BCUT2D eigenvalue weighted by Crippen LogP contribution is -2.41. The Morgan fingerprint density at radius 1 is 1.22 bits per heavy atom. The van der Waals surface area contributed by atoms with E-state index in [-0.39, 0.29) is 0 Å². The molecule has 2 aliphatic carbocycles. The summed E-state index contributed by atoms with van der Waals surface area (Å²) >= 11 is 1.95. The second-order valence-corrected chi connectivity index (χ2v) is 8.40. The fourth-order valence-electron chi connectivity index (χ4n) is 3.87. The SMILES string of the molecule is CC1(C)C(CN=C2NC3CCCC3CS2)C1(C)C. The van der Waals surface area contributed by atoms with Crippen molar-refractivity contribution in [2.75, 3.05) is 12.3 Å². The molecule has 2 saturated carbocycles. The van der Waals surface area contributed by atoms with Gasteiger partial charge in [0.1, 0.15) is 0 Å². The van der Waals surface area contributed by atoms with Crippen LogP contribution in [0.2, 0.25) is 0 Å². The molecule has 0 amide bonds. The fourth-order valence-corrected chi connectivity index (χ4v) is 5.04. The molecule has 2 unspecified atom stereocenters. The van der Waals surface area contributed by atoms with Crippen LogP contribution in [0.1, 0.15) is 47.0 Å². The molecule has 0 spiro atoms. The summed E-state index contributed by atoms with van der Waals surface area (Å²) < 4.78 is 0. The molecule has 3 heteroatoms. The van der Waals surface area contributed by atoms with E-state index in [4.69, 9.17) is 4.99 Å². The molecular formula is C15H26N2S. The van der Waals surface area contributed by atoms with Crippen LogP contribution in [0, 0.1) is 22.7 Å². The normalized spacial score (nSPS) is 39.4. The molecule has 0 radical (unpaired) electrons. The van der Waals surface area contributed by atoms with E-state index in [9.17, 15) is 0 Å². The summed E-state index contributed by atoms with van der Waals surface area (Å²) in [5.74, 6) is 2.94. The Labute approximate surface area is 115 Å². The van der Waals surface area contributed by atoms with E-state index in [1.165, 1.54) is 30.2 Å². The maximum absolute atomic E-state index is 4.87. The van der Waals surface area contributed by atoms with Gasteiger partial charge >= 0.3 is 0 Å². The highest BCUT2D eigenvalue weighted by Gasteiger charge is 2.64. The number of thioether (sulfide) groups is 1. The lowest BCUT2D eigenvalue weighted by Gasteiger charge is -2.28. The maximum atomic E-state index is 4.87. The van der Waals surface area contributed by atoms with E-state index in [1.807, 2.05) is 11.8 Å². The van der Waals surface area contributed by atoms with E-state index >= 15 is 0 Å². The first-order valence-electron chi connectivity index (χ1n) is 7.36. The number of hydrogen-bond acceptors (Lipinski definition) is 2. The summed E-state index contributed by atoms with van der Waals surface area (Å²) in [6.45, 7) is 10.5. The van der Waals surface area contributed by atoms with Gasteiger partial charge in [-0.2, -0.15) is 0 Å². The molecule has 0 bridgehead atoms. The van der Waals surface area contributed by atoms with Crippen LogP contribution in [0.4, 0.5) is 0 Å². The third-order valence-corrected chi connectivity index (χ3v) is 7.25. The number of amidine groups is 1. The smallest absolute Gasteiger partial charge is 0.156 e. The summed E-state index contributed by atoms with van der Waals surface area (Å²) in [7, 11) is 0. The Kier molecular flexibility index (Phi) is 2.96. The van der Waals surface area contributed by atoms with Crippen molar-refractivity contribution >= 4 is 16.9 Å². The second kappa shape index (κ2) is 4.16. The van der Waals surface area contributed by atoms with E-state index in [1.54, 1.807) is 0 Å². The molecule has 3 fully saturated rings. The molecular weight excluding hydrogens is 240 g/mol. The fraction of sp³-hybridized carbons (Fsp3) is 0.933. The predicted molar refractivity (Wildman–Crippen MR) is 80.1 cm³/mol. The van der Waals surface area contributed by atoms with Gasteiger partial charge in [-0.1, -0.05) is 45.9 Å². The highest BCUT2D eigenvalue weighted by Crippen LogP contribution is 2.68. The van der Waals surface area contributed by atoms with Crippen molar-refractivity contribution in [2.24, 2.45) is 27.7 Å². The summed E-state index contributed by atoms with van der Waals surface area (Å²) in [6.07, 6.45) is 4.17. The minimum Gasteiger partial charge on any atom is -0.362 e. The number of nitrogens with zero attached hydrogens (tertiary/aromatic N) is 1. The number of hydrogen-bond donors (Lipinski definition) is 1. The van der Waals surface area contributed by atoms with Crippen LogP contribution in [0.15, 0.2) is 4.99 Å². The van der Waals surface area contributed by atoms with Crippen molar-refractivity contribution in [3.63, 3.8) is 0 Å². The third-order valence-electron chi connectivity index (χ3n) is 6.14. The molecule has 1 aliphatic heterocycles. The summed E-state index contributed by atoms with van der Waals surface area (Å²) in [4.78, 5) is 4.87. The zero-order valence-corrected chi connectivity index (χ0v) is 12.9. The van der Waals surface area contributed by atoms with Gasteiger partial charge in [-0.25, -0.2) is 0 Å². The molecule has 1 heterocycles. The molecule has 102 valence electrons. The average molecular weight is 266 g/mol. The Balaban J connectivity index is 1.58. The van der Waals surface area contributed by atoms with Gasteiger partial charge in [0, 0.05) is 18.3 Å². The van der Waals surface area contributed by atoms with Crippen LogP contribution in [-0.2, 0) is 0 Å². The largest absolute Gasteiger partial charge is 0.362 e. The highest BCUT2D eigenvalue weighted by molar-refractivity contribution is 8.13. The van der Waals surface area contributed by atoms with E-state index in [2.05, 4.69) is 33.0 Å². The molecule has 0 aromatic rings. The van der Waals surface area contributed by atoms with Gasteiger partial charge in [-0.05, 0) is 35.5 Å². The minimum absolute atomic E-state index is 0.465. The Bertz CT molecular complexity index is 359. The van der Waals surface area contributed by atoms with Crippen LogP contribution < -0.4 is 5.32 Å². The van der Waals surface area contributed by atoms with Crippen molar-refractivity contribution < 1.29 is 0 Å². The maximum Gasteiger partial charge on any atom is 0.156 e. The predicted octanol–water partition coefficient (Wildman–Crippen LogP) is 3.53. The Morgan fingerprint density at radius 2 is 1.94 bits per heavy atom. The zero-order valence-electron chi connectivity index (χ0n) is 12.1. The topological polar surface area (TPSA) is 24.4 Å². The lowest BCUT2D eigenvalue weighted by atomic mass is 10.0. The molecule has 3 aliphatic rings. The second-order valence-electron chi connectivity index (χ2n) is 7.39. The zero-order chi connectivity index (χ0) is 13.0. The van der Waals surface area contributed by atoms with Crippen molar-refractivity contribution in [3.05, 3.63) is 0 Å². The number of nitrogens with one attached hydrogen (secondary N) is 1. The lowest BCUT2D eigenvalue weighted by molar-refractivity contribution is 0.457. The van der Waals surface area contributed by atoms with E-state index < -0.39 is 0 Å². The van der Waals surface area contributed by atoms with Gasteiger partial charge in [-0.15, -0.1) is 0 Å². The van der Waals surface area contributed by atoms with Gasteiger partial charge in [0.2, 0.25) is 0 Å². The number of rotatable bonds is 2. The van der Waals surface area contributed by atoms with Crippen molar-refractivity contribution in [2.45, 2.75) is 53.0 Å². The van der Waals surface area contributed by atoms with E-state index in [0.717, 1.165) is 24.4 Å². The van der Waals surface area contributed by atoms with Crippen molar-refractivity contribution in [1.29, 1.82) is 0 Å². The summed E-state index contributed by atoms with van der Waals surface area (Å²) in [6, 6.07) is 0.727. The van der Waals surface area contributed by atoms with Gasteiger partial charge in [0.05, 0.1) is 0 Å². The Morgan fingerprint density at radius 3 is 2.61 bits per heavy atom. The molecule has 2 nitrogen and oxygen atoms in total. The monoisotopic (exact) mass is 266 g/mol. The molecule has 1 N–H and O–H groups in total. The van der Waals surface area contributed by atoms with Gasteiger partial charge < -0.3 is 5.32 Å². The summed E-state index contributed by atoms with van der Waals surface area (Å²) in [5, 5.41) is 4.89. The summed E-state index contributed by atoms with van der Waals surface area (Å²) in [5.41, 5.74) is 0.929. The quantitative estimate of drug-likeness (QED) is 0.827. The van der Waals surface area contributed by atoms with Crippen LogP contribution in [0.3, 0.4) is 0 Å². The van der Waals surface area contributed by atoms with Gasteiger partial charge in [0.15, 0.2) is 5.17 Å². The molecule has 0 aromatic heterocycles. The molecule has 3 rings (SSSR count). The van der Waals surface area contributed by atoms with Crippen LogP contribution in [-0.4, -0.2) is 23.5 Å². The van der Waals surface area contributed by atoms with Crippen LogP contribution in [0.25, 0.3) is 0 Å².